The first kappa shape index (κ1) is 24.4. The zero-order chi connectivity index (χ0) is 22.6. The SMILES string of the molecule is O=[N+]([O-])c1ccc(OCCC(CO)SC(CO)CCOc2ccc([N+](=O)[O-])cc2)cc1. The van der Waals surface area contributed by atoms with E-state index in [1.165, 1.54) is 60.3 Å². The largest absolute Gasteiger partial charge is 0.494 e. The summed E-state index contributed by atoms with van der Waals surface area (Å²) in [6.07, 6.45) is 1.05. The predicted molar refractivity (Wildman–Crippen MR) is 116 cm³/mol. The van der Waals surface area contributed by atoms with Crippen LogP contribution in [0, 0.1) is 20.2 Å². The number of nitrogens with zero attached hydrogens (tertiary/aromatic N) is 2. The zero-order valence-electron chi connectivity index (χ0n) is 16.7. The van der Waals surface area contributed by atoms with Gasteiger partial charge in [-0.1, -0.05) is 0 Å². The Morgan fingerprint density at radius 1 is 0.742 bits per heavy atom. The highest BCUT2D eigenvalue weighted by atomic mass is 32.2. The summed E-state index contributed by atoms with van der Waals surface area (Å²) >= 11 is 1.43. The molecule has 0 saturated carbocycles. The first-order chi connectivity index (χ1) is 14.9. The van der Waals surface area contributed by atoms with E-state index in [4.69, 9.17) is 9.47 Å². The molecule has 0 radical (unpaired) electrons. The van der Waals surface area contributed by atoms with Crippen molar-refractivity contribution >= 4 is 23.1 Å². The highest BCUT2D eigenvalue weighted by Gasteiger charge is 2.17. The second-order valence-electron chi connectivity index (χ2n) is 6.52. The van der Waals surface area contributed by atoms with E-state index in [0.717, 1.165) is 0 Å². The number of nitro groups is 2. The van der Waals surface area contributed by atoms with Gasteiger partial charge in [0.2, 0.25) is 0 Å². The number of ether oxygens (including phenoxy) is 2. The van der Waals surface area contributed by atoms with Crippen LogP contribution >= 0.6 is 11.8 Å². The first-order valence-electron chi connectivity index (χ1n) is 9.54. The fraction of sp³-hybridized carbons (Fsp3) is 0.400. The van der Waals surface area contributed by atoms with Gasteiger partial charge in [0.1, 0.15) is 11.5 Å². The third-order valence-corrected chi connectivity index (χ3v) is 5.84. The van der Waals surface area contributed by atoms with E-state index >= 15 is 0 Å². The van der Waals surface area contributed by atoms with Gasteiger partial charge in [0, 0.05) is 34.8 Å². The smallest absolute Gasteiger partial charge is 0.269 e. The summed E-state index contributed by atoms with van der Waals surface area (Å²) in [6.45, 7) is 0.447. The molecule has 168 valence electrons. The van der Waals surface area contributed by atoms with Crippen LogP contribution in [0.15, 0.2) is 48.5 Å². The average molecular weight is 452 g/mol. The number of thioether (sulfide) groups is 1. The number of nitro benzene ring substituents is 2. The molecule has 2 aromatic rings. The molecule has 0 heterocycles. The van der Waals surface area contributed by atoms with Crippen LogP contribution in [0.25, 0.3) is 0 Å². The molecule has 0 spiro atoms. The van der Waals surface area contributed by atoms with Gasteiger partial charge in [0.05, 0.1) is 36.3 Å². The van der Waals surface area contributed by atoms with Crippen LogP contribution in [0.5, 0.6) is 11.5 Å². The molecule has 10 nitrogen and oxygen atoms in total. The van der Waals surface area contributed by atoms with Gasteiger partial charge in [-0.15, -0.1) is 0 Å². The van der Waals surface area contributed by atoms with E-state index in [1.54, 1.807) is 0 Å². The number of hydrogen-bond donors (Lipinski definition) is 2. The van der Waals surface area contributed by atoms with Gasteiger partial charge in [-0.3, -0.25) is 20.2 Å². The second kappa shape index (κ2) is 12.7. The van der Waals surface area contributed by atoms with Crippen molar-refractivity contribution in [2.45, 2.75) is 23.3 Å². The number of rotatable bonds is 14. The van der Waals surface area contributed by atoms with Gasteiger partial charge in [-0.25, -0.2) is 0 Å². The summed E-state index contributed by atoms with van der Waals surface area (Å²) in [5.74, 6) is 1.00. The minimum absolute atomic E-state index is 0.0159. The Kier molecular flexibility index (Phi) is 10.0. The molecule has 0 bridgehead atoms. The van der Waals surface area contributed by atoms with Crippen LogP contribution in [-0.4, -0.2) is 57.0 Å². The van der Waals surface area contributed by atoms with Crippen molar-refractivity contribution in [2.24, 2.45) is 0 Å². The normalized spacial score (nSPS) is 12.7. The van der Waals surface area contributed by atoms with Crippen molar-refractivity contribution in [1.29, 1.82) is 0 Å². The molecule has 2 rings (SSSR count). The number of non-ortho nitro benzene ring substituents is 2. The van der Waals surface area contributed by atoms with Crippen LogP contribution in [0.4, 0.5) is 11.4 Å². The molecule has 31 heavy (non-hydrogen) atoms. The van der Waals surface area contributed by atoms with Crippen molar-refractivity contribution < 1.29 is 29.5 Å². The molecule has 0 saturated heterocycles. The lowest BCUT2D eigenvalue weighted by molar-refractivity contribution is -0.385. The fourth-order valence-electron chi connectivity index (χ4n) is 2.62. The Morgan fingerprint density at radius 2 is 1.10 bits per heavy atom. The van der Waals surface area contributed by atoms with E-state index in [0.29, 0.717) is 37.6 Å². The monoisotopic (exact) mass is 452 g/mol. The van der Waals surface area contributed by atoms with Crippen molar-refractivity contribution in [2.75, 3.05) is 26.4 Å². The van der Waals surface area contributed by atoms with E-state index in [9.17, 15) is 30.4 Å². The lowest BCUT2D eigenvalue weighted by Crippen LogP contribution is -2.21. The van der Waals surface area contributed by atoms with Crippen LogP contribution < -0.4 is 9.47 Å². The fourth-order valence-corrected chi connectivity index (χ4v) is 3.80. The van der Waals surface area contributed by atoms with Crippen molar-refractivity contribution in [3.63, 3.8) is 0 Å². The zero-order valence-corrected chi connectivity index (χ0v) is 17.5. The summed E-state index contributed by atoms with van der Waals surface area (Å²) in [5, 5.41) is 40.2. The number of aliphatic hydroxyl groups is 2. The Bertz CT molecular complexity index is 763. The Morgan fingerprint density at radius 3 is 1.39 bits per heavy atom. The molecular weight excluding hydrogens is 428 g/mol. The third-order valence-electron chi connectivity index (χ3n) is 4.30. The highest BCUT2D eigenvalue weighted by Crippen LogP contribution is 2.25. The Labute approximate surface area is 183 Å². The predicted octanol–water partition coefficient (Wildman–Crippen LogP) is 3.20. The molecule has 0 aliphatic carbocycles. The first-order valence-corrected chi connectivity index (χ1v) is 10.5. The topological polar surface area (TPSA) is 145 Å². The molecule has 2 atom stereocenters. The number of aliphatic hydroxyl groups excluding tert-OH is 2. The van der Waals surface area contributed by atoms with Crippen LogP contribution in [0.3, 0.4) is 0 Å². The molecule has 2 unspecified atom stereocenters. The third kappa shape index (κ3) is 8.40. The maximum atomic E-state index is 10.7. The Balaban J connectivity index is 1.73. The lowest BCUT2D eigenvalue weighted by atomic mass is 10.3. The summed E-state index contributed by atoms with van der Waals surface area (Å²) in [7, 11) is 0. The van der Waals surface area contributed by atoms with Crippen LogP contribution in [-0.2, 0) is 0 Å². The summed E-state index contributed by atoms with van der Waals surface area (Å²) < 4.78 is 11.1. The van der Waals surface area contributed by atoms with Crippen molar-refractivity contribution in [3.8, 4) is 11.5 Å². The second-order valence-corrected chi connectivity index (χ2v) is 8.13. The minimum atomic E-state index is -0.484. The summed E-state index contributed by atoms with van der Waals surface area (Å²) in [5.41, 5.74) is -0.0317. The van der Waals surface area contributed by atoms with Gasteiger partial charge >= 0.3 is 0 Å². The van der Waals surface area contributed by atoms with Gasteiger partial charge in [-0.05, 0) is 37.1 Å². The summed E-state index contributed by atoms with van der Waals surface area (Å²) in [6, 6.07) is 11.5. The molecule has 0 aromatic heterocycles. The average Bonchev–Trinajstić information content (AvgIpc) is 2.78. The van der Waals surface area contributed by atoms with Gasteiger partial charge < -0.3 is 19.7 Å². The summed E-state index contributed by atoms with van der Waals surface area (Å²) in [4.78, 5) is 20.4. The van der Waals surface area contributed by atoms with Gasteiger partial charge in [0.25, 0.3) is 11.4 Å². The van der Waals surface area contributed by atoms with E-state index < -0.39 is 9.85 Å². The van der Waals surface area contributed by atoms with E-state index in [2.05, 4.69) is 0 Å². The minimum Gasteiger partial charge on any atom is -0.494 e. The van der Waals surface area contributed by atoms with Crippen LogP contribution in [0.2, 0.25) is 0 Å². The van der Waals surface area contributed by atoms with Crippen molar-refractivity contribution in [3.05, 3.63) is 68.8 Å². The molecule has 2 aromatic carbocycles. The van der Waals surface area contributed by atoms with Crippen LogP contribution in [0.1, 0.15) is 12.8 Å². The highest BCUT2D eigenvalue weighted by molar-refractivity contribution is 8.00. The number of hydrogen-bond acceptors (Lipinski definition) is 9. The number of benzene rings is 2. The van der Waals surface area contributed by atoms with Gasteiger partial charge in [0.15, 0.2) is 0 Å². The molecular formula is C20H24N2O8S. The molecule has 0 aliphatic rings. The standard InChI is InChI=1S/C20H24N2O8S/c23-13-19(9-11-29-17-5-1-15(2-6-17)21(25)26)31-20(14-24)10-12-30-18-7-3-16(4-8-18)22(27)28/h1-8,19-20,23-24H,9-14H2. The maximum Gasteiger partial charge on any atom is 0.269 e. The van der Waals surface area contributed by atoms with E-state index in [-0.39, 0.29) is 35.1 Å². The lowest BCUT2D eigenvalue weighted by Gasteiger charge is -2.21. The molecule has 2 N–H and O–H groups in total. The quantitative estimate of drug-likeness (QED) is 0.326. The molecule has 0 aliphatic heterocycles. The van der Waals surface area contributed by atoms with Gasteiger partial charge in [-0.2, -0.15) is 11.8 Å². The molecule has 11 heteroatoms. The van der Waals surface area contributed by atoms with Crippen molar-refractivity contribution in [1.82, 2.24) is 0 Å². The van der Waals surface area contributed by atoms with E-state index in [1.807, 2.05) is 0 Å². The molecule has 0 amide bonds. The maximum absolute atomic E-state index is 10.7. The molecule has 0 fully saturated rings. The Hall–Kier alpha value is -2.89.